The number of carbonyl (C=O) groups is 1. The van der Waals surface area contributed by atoms with E-state index in [1.54, 1.807) is 6.92 Å². The van der Waals surface area contributed by atoms with Crippen molar-refractivity contribution in [2.24, 2.45) is 10.9 Å². The number of esters is 1. The standard InChI is InChI=1S/C17H25N3O4/c1-4-18-17(20-10-12(2)16(21)22-3)19-8-7-13-5-6-14-15(9-13)24-11-23-14/h5-6,9,12H,4,7-8,10-11H2,1-3H3,(H2,18,19,20). The van der Waals surface area contributed by atoms with Gasteiger partial charge in [-0.25, -0.2) is 0 Å². The number of nitrogens with one attached hydrogen (secondary N) is 2. The number of rotatable bonds is 7. The SMILES string of the molecule is CCNC(=NCC(C)C(=O)OC)NCCc1ccc2c(c1)OCO2. The van der Waals surface area contributed by atoms with Gasteiger partial charge in [0.05, 0.1) is 19.6 Å². The second kappa shape index (κ2) is 9.00. The third-order valence-electron chi connectivity index (χ3n) is 3.61. The number of fused-ring (bicyclic) bond motifs is 1. The summed E-state index contributed by atoms with van der Waals surface area (Å²) in [5, 5.41) is 6.43. The molecule has 1 atom stereocenters. The highest BCUT2D eigenvalue weighted by molar-refractivity contribution is 5.80. The average molecular weight is 335 g/mol. The van der Waals surface area contributed by atoms with E-state index >= 15 is 0 Å². The number of carbonyl (C=O) groups excluding carboxylic acids is 1. The second-order valence-electron chi connectivity index (χ2n) is 5.51. The van der Waals surface area contributed by atoms with E-state index in [0.717, 1.165) is 36.6 Å². The Kier molecular flexibility index (Phi) is 6.72. The molecule has 1 heterocycles. The fraction of sp³-hybridized carbons (Fsp3) is 0.529. The molecule has 1 aliphatic heterocycles. The lowest BCUT2D eigenvalue weighted by molar-refractivity contribution is -0.144. The smallest absolute Gasteiger partial charge is 0.310 e. The molecule has 24 heavy (non-hydrogen) atoms. The molecule has 2 rings (SSSR count). The average Bonchev–Trinajstić information content (AvgIpc) is 3.06. The maximum atomic E-state index is 11.4. The molecule has 0 amide bonds. The molecule has 0 spiro atoms. The molecule has 0 bridgehead atoms. The highest BCUT2D eigenvalue weighted by Crippen LogP contribution is 2.32. The number of nitrogens with zero attached hydrogens (tertiary/aromatic N) is 1. The number of benzene rings is 1. The maximum Gasteiger partial charge on any atom is 0.310 e. The lowest BCUT2D eigenvalue weighted by atomic mass is 10.1. The van der Waals surface area contributed by atoms with Crippen LogP contribution in [0.1, 0.15) is 19.4 Å². The van der Waals surface area contributed by atoms with Crippen molar-refractivity contribution in [2.75, 3.05) is 33.5 Å². The normalized spacial score (nSPS) is 14.2. The molecule has 0 aliphatic carbocycles. The first-order valence-electron chi connectivity index (χ1n) is 8.12. The van der Waals surface area contributed by atoms with Gasteiger partial charge in [-0.05, 0) is 31.0 Å². The number of guanidine groups is 1. The lowest BCUT2D eigenvalue weighted by Crippen LogP contribution is -2.38. The van der Waals surface area contributed by atoms with E-state index in [1.807, 2.05) is 25.1 Å². The van der Waals surface area contributed by atoms with Crippen LogP contribution in [0.3, 0.4) is 0 Å². The summed E-state index contributed by atoms with van der Waals surface area (Å²) in [6, 6.07) is 5.95. The van der Waals surface area contributed by atoms with Gasteiger partial charge in [-0.15, -0.1) is 0 Å². The van der Waals surface area contributed by atoms with Crippen molar-refractivity contribution >= 4 is 11.9 Å². The summed E-state index contributed by atoms with van der Waals surface area (Å²) < 4.78 is 15.4. The molecule has 0 aromatic heterocycles. The minimum atomic E-state index is -0.265. The predicted molar refractivity (Wildman–Crippen MR) is 91.4 cm³/mol. The summed E-state index contributed by atoms with van der Waals surface area (Å²) in [5.74, 6) is 1.75. The lowest BCUT2D eigenvalue weighted by Gasteiger charge is -2.13. The Bertz CT molecular complexity index is 589. The van der Waals surface area contributed by atoms with Gasteiger partial charge in [-0.2, -0.15) is 0 Å². The van der Waals surface area contributed by atoms with E-state index in [1.165, 1.54) is 7.11 Å². The molecule has 1 aromatic carbocycles. The first kappa shape index (κ1) is 17.9. The van der Waals surface area contributed by atoms with Crippen LogP contribution in [0.2, 0.25) is 0 Å². The molecule has 7 nitrogen and oxygen atoms in total. The van der Waals surface area contributed by atoms with Crippen molar-refractivity contribution in [1.82, 2.24) is 10.6 Å². The Morgan fingerprint density at radius 1 is 1.33 bits per heavy atom. The van der Waals surface area contributed by atoms with E-state index in [9.17, 15) is 4.79 Å². The van der Waals surface area contributed by atoms with Crippen LogP contribution in [0.5, 0.6) is 11.5 Å². The predicted octanol–water partition coefficient (Wildman–Crippen LogP) is 1.32. The Labute approximate surface area is 142 Å². The summed E-state index contributed by atoms with van der Waals surface area (Å²) in [6.07, 6.45) is 0.827. The first-order valence-corrected chi connectivity index (χ1v) is 8.12. The van der Waals surface area contributed by atoms with E-state index < -0.39 is 0 Å². The number of methoxy groups -OCH3 is 1. The first-order chi connectivity index (χ1) is 11.6. The van der Waals surface area contributed by atoms with Crippen molar-refractivity contribution in [3.63, 3.8) is 0 Å². The molecule has 1 aromatic rings. The minimum Gasteiger partial charge on any atom is -0.469 e. The molecule has 2 N–H and O–H groups in total. The van der Waals surface area contributed by atoms with Crippen LogP contribution in [-0.2, 0) is 16.0 Å². The summed E-state index contributed by atoms with van der Waals surface area (Å²) in [6.45, 7) is 5.93. The summed E-state index contributed by atoms with van der Waals surface area (Å²) in [7, 11) is 1.39. The monoisotopic (exact) mass is 335 g/mol. The zero-order valence-electron chi connectivity index (χ0n) is 14.4. The van der Waals surface area contributed by atoms with E-state index in [-0.39, 0.29) is 18.7 Å². The second-order valence-corrected chi connectivity index (χ2v) is 5.51. The third kappa shape index (κ3) is 5.04. The van der Waals surface area contributed by atoms with Crippen LogP contribution >= 0.6 is 0 Å². The van der Waals surface area contributed by atoms with Gasteiger partial charge in [0.15, 0.2) is 17.5 Å². The van der Waals surface area contributed by atoms with Crippen molar-refractivity contribution in [1.29, 1.82) is 0 Å². The Morgan fingerprint density at radius 3 is 2.88 bits per heavy atom. The molecular weight excluding hydrogens is 310 g/mol. The molecule has 0 saturated carbocycles. The summed E-state index contributed by atoms with van der Waals surface area (Å²) in [4.78, 5) is 15.8. The number of ether oxygens (including phenoxy) is 3. The molecule has 0 radical (unpaired) electrons. The fourth-order valence-electron chi connectivity index (χ4n) is 2.27. The largest absolute Gasteiger partial charge is 0.469 e. The van der Waals surface area contributed by atoms with E-state index in [4.69, 9.17) is 14.2 Å². The van der Waals surface area contributed by atoms with Crippen LogP contribution in [-0.4, -0.2) is 45.5 Å². The third-order valence-corrected chi connectivity index (χ3v) is 3.61. The number of hydrogen-bond acceptors (Lipinski definition) is 5. The van der Waals surface area contributed by atoms with Crippen LogP contribution in [0.25, 0.3) is 0 Å². The van der Waals surface area contributed by atoms with Gasteiger partial charge in [0.1, 0.15) is 0 Å². The number of aliphatic imine (C=N–C) groups is 1. The van der Waals surface area contributed by atoms with Gasteiger partial charge in [0, 0.05) is 13.1 Å². The van der Waals surface area contributed by atoms with Gasteiger partial charge in [-0.1, -0.05) is 13.0 Å². The summed E-state index contributed by atoms with van der Waals surface area (Å²) in [5.41, 5.74) is 1.16. The van der Waals surface area contributed by atoms with Gasteiger partial charge in [0.25, 0.3) is 0 Å². The van der Waals surface area contributed by atoms with Crippen molar-refractivity contribution in [3.8, 4) is 11.5 Å². The highest BCUT2D eigenvalue weighted by atomic mass is 16.7. The topological polar surface area (TPSA) is 81.2 Å². The molecule has 132 valence electrons. The zero-order chi connectivity index (χ0) is 17.4. The summed E-state index contributed by atoms with van der Waals surface area (Å²) >= 11 is 0. The molecule has 0 fully saturated rings. The molecule has 7 heteroatoms. The minimum absolute atomic E-state index is 0.255. The van der Waals surface area contributed by atoms with Crippen LogP contribution in [0.15, 0.2) is 23.2 Å². The highest BCUT2D eigenvalue weighted by Gasteiger charge is 2.14. The van der Waals surface area contributed by atoms with Crippen LogP contribution < -0.4 is 20.1 Å². The van der Waals surface area contributed by atoms with Gasteiger partial charge < -0.3 is 24.8 Å². The van der Waals surface area contributed by atoms with E-state index in [0.29, 0.717) is 12.5 Å². The van der Waals surface area contributed by atoms with Crippen LogP contribution in [0.4, 0.5) is 0 Å². The van der Waals surface area contributed by atoms with Crippen molar-refractivity contribution < 1.29 is 19.0 Å². The molecule has 1 unspecified atom stereocenters. The quantitative estimate of drug-likeness (QED) is 0.444. The van der Waals surface area contributed by atoms with E-state index in [2.05, 4.69) is 15.6 Å². The fourth-order valence-corrected chi connectivity index (χ4v) is 2.27. The zero-order valence-corrected chi connectivity index (χ0v) is 14.4. The maximum absolute atomic E-state index is 11.4. The Morgan fingerprint density at radius 2 is 2.12 bits per heavy atom. The van der Waals surface area contributed by atoms with Crippen LogP contribution in [0, 0.1) is 5.92 Å². The van der Waals surface area contributed by atoms with Gasteiger partial charge in [0.2, 0.25) is 6.79 Å². The van der Waals surface area contributed by atoms with Crippen molar-refractivity contribution in [2.45, 2.75) is 20.3 Å². The van der Waals surface area contributed by atoms with Crippen molar-refractivity contribution in [3.05, 3.63) is 23.8 Å². The number of hydrogen-bond donors (Lipinski definition) is 2. The Balaban J connectivity index is 1.83. The van der Waals surface area contributed by atoms with Gasteiger partial charge >= 0.3 is 5.97 Å². The van der Waals surface area contributed by atoms with Gasteiger partial charge in [-0.3, -0.25) is 9.79 Å². The Hall–Kier alpha value is -2.44. The molecule has 0 saturated heterocycles. The molecule has 1 aliphatic rings. The molecular formula is C17H25N3O4.